The van der Waals surface area contributed by atoms with E-state index < -0.39 is 0 Å². The van der Waals surface area contributed by atoms with E-state index >= 15 is 0 Å². The molecule has 0 aliphatic carbocycles. The summed E-state index contributed by atoms with van der Waals surface area (Å²) in [4.78, 5) is 0. The Kier molecular flexibility index (Phi) is 7.25. The SMILES string of the molecule is CCCNC(CC(C)CC)CC(C)(C)C. The Morgan fingerprint density at radius 2 is 1.73 bits per heavy atom. The highest BCUT2D eigenvalue weighted by Gasteiger charge is 2.19. The number of hydrogen-bond donors (Lipinski definition) is 1. The third-order valence-corrected chi connectivity index (χ3v) is 2.93. The highest BCUT2D eigenvalue weighted by molar-refractivity contribution is 4.76. The Hall–Kier alpha value is -0.0400. The van der Waals surface area contributed by atoms with Gasteiger partial charge in [0.15, 0.2) is 0 Å². The van der Waals surface area contributed by atoms with Crippen LogP contribution in [0.25, 0.3) is 0 Å². The average molecular weight is 213 g/mol. The molecule has 1 heteroatoms. The van der Waals surface area contributed by atoms with Crippen molar-refractivity contribution in [2.45, 2.75) is 73.3 Å². The lowest BCUT2D eigenvalue weighted by atomic mass is 9.84. The van der Waals surface area contributed by atoms with Gasteiger partial charge in [0.2, 0.25) is 0 Å². The fourth-order valence-electron chi connectivity index (χ4n) is 1.98. The van der Waals surface area contributed by atoms with Crippen LogP contribution in [0.3, 0.4) is 0 Å². The lowest BCUT2D eigenvalue weighted by Crippen LogP contribution is -2.34. The molecule has 1 N–H and O–H groups in total. The summed E-state index contributed by atoms with van der Waals surface area (Å²) in [6, 6.07) is 0.708. The molecule has 0 spiro atoms. The second kappa shape index (κ2) is 7.27. The van der Waals surface area contributed by atoms with Gasteiger partial charge < -0.3 is 5.32 Å². The summed E-state index contributed by atoms with van der Waals surface area (Å²) in [5.41, 5.74) is 0.443. The molecule has 0 saturated carbocycles. The Balaban J connectivity index is 4.06. The fraction of sp³-hybridized carbons (Fsp3) is 1.00. The molecule has 0 aliphatic heterocycles. The fourth-order valence-corrected chi connectivity index (χ4v) is 1.98. The first-order chi connectivity index (χ1) is 6.89. The summed E-state index contributed by atoms with van der Waals surface area (Å²) in [6.07, 6.45) is 5.15. The zero-order valence-corrected chi connectivity index (χ0v) is 11.7. The Labute approximate surface area is 97.0 Å². The Morgan fingerprint density at radius 1 is 1.13 bits per heavy atom. The van der Waals surface area contributed by atoms with Gasteiger partial charge in [-0.2, -0.15) is 0 Å². The zero-order valence-electron chi connectivity index (χ0n) is 11.7. The van der Waals surface area contributed by atoms with Crippen molar-refractivity contribution in [3.8, 4) is 0 Å². The van der Waals surface area contributed by atoms with Crippen molar-refractivity contribution in [2.24, 2.45) is 11.3 Å². The molecule has 0 saturated heterocycles. The molecule has 0 aliphatic rings. The van der Waals surface area contributed by atoms with E-state index in [0.29, 0.717) is 11.5 Å². The van der Waals surface area contributed by atoms with Gasteiger partial charge in [0, 0.05) is 6.04 Å². The van der Waals surface area contributed by atoms with Gasteiger partial charge in [-0.05, 0) is 37.1 Å². The minimum Gasteiger partial charge on any atom is -0.314 e. The van der Waals surface area contributed by atoms with Crippen LogP contribution in [0.5, 0.6) is 0 Å². The lowest BCUT2D eigenvalue weighted by Gasteiger charge is -2.28. The maximum atomic E-state index is 3.69. The smallest absolute Gasteiger partial charge is 0.00745 e. The largest absolute Gasteiger partial charge is 0.314 e. The molecule has 0 aromatic heterocycles. The number of hydrogen-bond acceptors (Lipinski definition) is 1. The second-order valence-corrected chi connectivity index (χ2v) is 6.16. The van der Waals surface area contributed by atoms with E-state index in [0.717, 1.165) is 12.5 Å². The Morgan fingerprint density at radius 3 is 2.13 bits per heavy atom. The first-order valence-corrected chi connectivity index (χ1v) is 6.62. The van der Waals surface area contributed by atoms with Crippen LogP contribution in [0.2, 0.25) is 0 Å². The predicted octanol–water partition coefficient (Wildman–Crippen LogP) is 4.23. The molecule has 0 radical (unpaired) electrons. The summed E-state index contributed by atoms with van der Waals surface area (Å²) in [7, 11) is 0. The van der Waals surface area contributed by atoms with Crippen LogP contribution in [0.4, 0.5) is 0 Å². The Bertz CT molecular complexity index is 146. The second-order valence-electron chi connectivity index (χ2n) is 6.16. The van der Waals surface area contributed by atoms with Gasteiger partial charge in [0.25, 0.3) is 0 Å². The van der Waals surface area contributed by atoms with Crippen LogP contribution in [0, 0.1) is 11.3 Å². The molecule has 92 valence electrons. The molecule has 0 heterocycles. The van der Waals surface area contributed by atoms with E-state index in [1.54, 1.807) is 0 Å². The van der Waals surface area contributed by atoms with Crippen LogP contribution in [-0.2, 0) is 0 Å². The molecule has 0 fully saturated rings. The third-order valence-electron chi connectivity index (χ3n) is 2.93. The topological polar surface area (TPSA) is 12.0 Å². The van der Waals surface area contributed by atoms with Crippen LogP contribution in [-0.4, -0.2) is 12.6 Å². The normalized spacial score (nSPS) is 16.4. The van der Waals surface area contributed by atoms with Crippen molar-refractivity contribution in [3.05, 3.63) is 0 Å². The minimum atomic E-state index is 0.443. The first-order valence-electron chi connectivity index (χ1n) is 6.62. The third kappa shape index (κ3) is 8.92. The average Bonchev–Trinajstić information content (AvgIpc) is 2.11. The van der Waals surface area contributed by atoms with Gasteiger partial charge in [0.05, 0.1) is 0 Å². The molecule has 0 amide bonds. The lowest BCUT2D eigenvalue weighted by molar-refractivity contribution is 0.275. The van der Waals surface area contributed by atoms with Crippen LogP contribution in [0.15, 0.2) is 0 Å². The van der Waals surface area contributed by atoms with Crippen molar-refractivity contribution < 1.29 is 0 Å². The molecule has 0 bridgehead atoms. The molecule has 2 unspecified atom stereocenters. The van der Waals surface area contributed by atoms with Gasteiger partial charge in [-0.1, -0.05) is 48.0 Å². The van der Waals surface area contributed by atoms with Crippen LogP contribution in [0.1, 0.15) is 67.2 Å². The summed E-state index contributed by atoms with van der Waals surface area (Å²) in [6.45, 7) is 15.1. The summed E-state index contributed by atoms with van der Waals surface area (Å²) >= 11 is 0. The summed E-state index contributed by atoms with van der Waals surface area (Å²) in [5, 5.41) is 3.69. The summed E-state index contributed by atoms with van der Waals surface area (Å²) in [5.74, 6) is 0.849. The first kappa shape index (κ1) is 15.0. The molecule has 0 aromatic rings. The van der Waals surface area contributed by atoms with Crippen molar-refractivity contribution >= 4 is 0 Å². The predicted molar refractivity (Wildman–Crippen MR) is 70.2 cm³/mol. The quantitative estimate of drug-likeness (QED) is 0.667. The minimum absolute atomic E-state index is 0.443. The van der Waals surface area contributed by atoms with Crippen molar-refractivity contribution in [3.63, 3.8) is 0 Å². The van der Waals surface area contributed by atoms with E-state index in [1.807, 2.05) is 0 Å². The highest BCUT2D eigenvalue weighted by atomic mass is 14.9. The van der Waals surface area contributed by atoms with Gasteiger partial charge >= 0.3 is 0 Å². The van der Waals surface area contributed by atoms with Crippen molar-refractivity contribution in [1.82, 2.24) is 5.32 Å². The molecule has 0 aromatic carbocycles. The van der Waals surface area contributed by atoms with E-state index in [2.05, 4.69) is 46.9 Å². The van der Waals surface area contributed by atoms with Crippen molar-refractivity contribution in [1.29, 1.82) is 0 Å². The highest BCUT2D eigenvalue weighted by Crippen LogP contribution is 2.24. The molecular weight excluding hydrogens is 182 g/mol. The maximum absolute atomic E-state index is 3.69. The van der Waals surface area contributed by atoms with Gasteiger partial charge in [-0.25, -0.2) is 0 Å². The number of rotatable bonds is 7. The summed E-state index contributed by atoms with van der Waals surface area (Å²) < 4.78 is 0. The van der Waals surface area contributed by atoms with E-state index in [4.69, 9.17) is 0 Å². The zero-order chi connectivity index (χ0) is 11.9. The molecule has 0 rings (SSSR count). The molecule has 1 nitrogen and oxygen atoms in total. The van der Waals surface area contributed by atoms with E-state index in [-0.39, 0.29) is 0 Å². The molecule has 2 atom stereocenters. The standard InChI is InChI=1S/C14H31N/c1-7-9-15-13(10-12(3)8-2)11-14(4,5)6/h12-13,15H,7-11H2,1-6H3. The van der Waals surface area contributed by atoms with Crippen molar-refractivity contribution in [2.75, 3.05) is 6.54 Å². The molecular formula is C14H31N. The van der Waals surface area contributed by atoms with Gasteiger partial charge in [-0.3, -0.25) is 0 Å². The van der Waals surface area contributed by atoms with E-state index in [9.17, 15) is 0 Å². The number of nitrogens with one attached hydrogen (secondary N) is 1. The van der Waals surface area contributed by atoms with E-state index in [1.165, 1.54) is 25.7 Å². The van der Waals surface area contributed by atoms with Crippen LogP contribution >= 0.6 is 0 Å². The van der Waals surface area contributed by atoms with Gasteiger partial charge in [-0.15, -0.1) is 0 Å². The van der Waals surface area contributed by atoms with Crippen LogP contribution < -0.4 is 5.32 Å². The molecule has 15 heavy (non-hydrogen) atoms. The monoisotopic (exact) mass is 213 g/mol. The maximum Gasteiger partial charge on any atom is 0.00745 e. The van der Waals surface area contributed by atoms with Gasteiger partial charge in [0.1, 0.15) is 0 Å².